The predicted octanol–water partition coefficient (Wildman–Crippen LogP) is 4.80. The molecule has 0 fully saturated rings. The average Bonchev–Trinajstić information content (AvgIpc) is 3.33. The van der Waals surface area contributed by atoms with Crippen molar-refractivity contribution in [1.82, 2.24) is 0 Å². The molecule has 3 aromatic rings. The first-order valence-corrected chi connectivity index (χ1v) is 9.22. The number of rotatable bonds is 7. The second kappa shape index (κ2) is 9.47. The van der Waals surface area contributed by atoms with Crippen molar-refractivity contribution in [2.24, 2.45) is 0 Å². The first kappa shape index (κ1) is 20.7. The molecule has 2 N–H and O–H groups in total. The van der Waals surface area contributed by atoms with Gasteiger partial charge in [-0.1, -0.05) is 0 Å². The molecule has 154 valence electrons. The number of methoxy groups -OCH3 is 1. The number of furan rings is 2. The van der Waals surface area contributed by atoms with E-state index in [2.05, 4.69) is 10.6 Å². The molecular weight excluding hydrogens is 384 g/mol. The van der Waals surface area contributed by atoms with Crippen molar-refractivity contribution in [1.29, 1.82) is 0 Å². The highest BCUT2D eigenvalue weighted by molar-refractivity contribution is 6.04. The fraction of sp³-hybridized carbons (Fsp3) is 0.130. The van der Waals surface area contributed by atoms with Crippen LogP contribution >= 0.6 is 0 Å². The minimum Gasteiger partial charge on any atom is -0.494 e. The molecule has 7 heteroatoms. The molecule has 1 aromatic carbocycles. The fourth-order valence-corrected chi connectivity index (χ4v) is 2.63. The van der Waals surface area contributed by atoms with Crippen LogP contribution in [0.3, 0.4) is 0 Å². The van der Waals surface area contributed by atoms with E-state index in [0.717, 1.165) is 11.5 Å². The predicted molar refractivity (Wildman–Crippen MR) is 115 cm³/mol. The molecule has 30 heavy (non-hydrogen) atoms. The Morgan fingerprint density at radius 2 is 1.40 bits per heavy atom. The van der Waals surface area contributed by atoms with Crippen molar-refractivity contribution < 1.29 is 23.2 Å². The van der Waals surface area contributed by atoms with Crippen LogP contribution in [0.2, 0.25) is 0 Å². The van der Waals surface area contributed by atoms with Gasteiger partial charge in [0.05, 0.1) is 12.8 Å². The van der Waals surface area contributed by atoms with E-state index in [-0.39, 0.29) is 11.8 Å². The molecule has 2 heterocycles. The normalized spacial score (nSPS) is 11.2. The van der Waals surface area contributed by atoms with Crippen LogP contribution in [0.1, 0.15) is 23.0 Å². The molecule has 0 aliphatic heterocycles. The summed E-state index contributed by atoms with van der Waals surface area (Å²) in [4.78, 5) is 24.3. The molecule has 2 amide bonds. The summed E-state index contributed by atoms with van der Waals surface area (Å²) in [5.74, 6) is 2.47. The molecule has 0 spiro atoms. The number of carbonyl (C=O) groups excluding carboxylic acids is 2. The largest absolute Gasteiger partial charge is 0.494 e. The van der Waals surface area contributed by atoms with E-state index in [1.165, 1.54) is 19.3 Å². The van der Waals surface area contributed by atoms with Crippen LogP contribution in [0.4, 0.5) is 11.4 Å². The molecule has 7 nitrogen and oxygen atoms in total. The molecule has 2 aromatic heterocycles. The van der Waals surface area contributed by atoms with Gasteiger partial charge in [0.2, 0.25) is 11.8 Å². The summed E-state index contributed by atoms with van der Waals surface area (Å²) < 4.78 is 16.1. The number of amides is 2. The molecule has 0 saturated heterocycles. The van der Waals surface area contributed by atoms with Crippen molar-refractivity contribution in [2.45, 2.75) is 13.8 Å². The molecule has 0 radical (unpaired) electrons. The summed E-state index contributed by atoms with van der Waals surface area (Å²) in [6, 6.07) is 12.1. The van der Waals surface area contributed by atoms with Crippen molar-refractivity contribution in [3.8, 4) is 5.75 Å². The van der Waals surface area contributed by atoms with Gasteiger partial charge in [-0.25, -0.2) is 0 Å². The molecule has 0 bridgehead atoms. The SMILES string of the molecule is COc1cc(NC(=O)/C=C/c2ccc(C)o2)ccc1NC(=O)/C=C/c1ccc(C)o1. The zero-order valence-corrected chi connectivity index (χ0v) is 16.9. The molecule has 0 saturated carbocycles. The molecule has 3 rings (SSSR count). The van der Waals surface area contributed by atoms with E-state index in [1.807, 2.05) is 26.0 Å². The Bertz CT molecular complexity index is 1100. The van der Waals surface area contributed by atoms with Gasteiger partial charge in [-0.3, -0.25) is 9.59 Å². The van der Waals surface area contributed by atoms with E-state index in [4.69, 9.17) is 13.6 Å². The number of hydrogen-bond donors (Lipinski definition) is 2. The standard InChI is InChI=1S/C23H22N2O5/c1-15-4-7-18(29-15)9-12-22(26)24-17-6-11-20(21(14-17)28-3)25-23(27)13-10-19-8-5-16(2)30-19/h4-14H,1-3H3,(H,24,26)(H,25,27)/b12-9+,13-10+. The Morgan fingerprint density at radius 3 is 1.90 bits per heavy atom. The fourth-order valence-electron chi connectivity index (χ4n) is 2.63. The zero-order chi connectivity index (χ0) is 21.5. The quantitative estimate of drug-likeness (QED) is 0.550. The van der Waals surface area contributed by atoms with Gasteiger partial charge >= 0.3 is 0 Å². The van der Waals surface area contributed by atoms with Gasteiger partial charge in [-0.15, -0.1) is 0 Å². The summed E-state index contributed by atoms with van der Waals surface area (Å²) in [7, 11) is 1.48. The minimum atomic E-state index is -0.337. The second-order valence-electron chi connectivity index (χ2n) is 6.46. The van der Waals surface area contributed by atoms with E-state index in [9.17, 15) is 9.59 Å². The lowest BCUT2D eigenvalue weighted by atomic mass is 10.2. The summed E-state index contributed by atoms with van der Waals surface area (Å²) in [5, 5.41) is 5.47. The lowest BCUT2D eigenvalue weighted by molar-refractivity contribution is -0.112. The Morgan fingerprint density at radius 1 is 0.833 bits per heavy atom. The number of hydrogen-bond acceptors (Lipinski definition) is 5. The number of anilines is 2. The third kappa shape index (κ3) is 5.75. The van der Waals surface area contributed by atoms with Gasteiger partial charge in [0, 0.05) is 23.9 Å². The maximum Gasteiger partial charge on any atom is 0.248 e. The van der Waals surface area contributed by atoms with Gasteiger partial charge in [-0.2, -0.15) is 0 Å². The van der Waals surface area contributed by atoms with Crippen molar-refractivity contribution >= 4 is 35.3 Å². The van der Waals surface area contributed by atoms with E-state index in [1.54, 1.807) is 42.5 Å². The third-order valence-electron chi connectivity index (χ3n) is 4.05. The Labute approximate surface area is 174 Å². The molecule has 0 aliphatic rings. The third-order valence-corrected chi connectivity index (χ3v) is 4.05. The number of nitrogens with one attached hydrogen (secondary N) is 2. The summed E-state index contributed by atoms with van der Waals surface area (Å²) >= 11 is 0. The van der Waals surface area contributed by atoms with Crippen LogP contribution in [0.25, 0.3) is 12.2 Å². The average molecular weight is 406 g/mol. The van der Waals surface area contributed by atoms with Crippen LogP contribution < -0.4 is 15.4 Å². The lowest BCUT2D eigenvalue weighted by Crippen LogP contribution is -2.10. The van der Waals surface area contributed by atoms with Crippen LogP contribution in [0.15, 0.2) is 63.5 Å². The Balaban J connectivity index is 1.62. The Hall–Kier alpha value is -4.00. The summed E-state index contributed by atoms with van der Waals surface area (Å²) in [6.45, 7) is 3.66. The van der Waals surface area contributed by atoms with Gasteiger partial charge in [0.25, 0.3) is 0 Å². The van der Waals surface area contributed by atoms with E-state index in [0.29, 0.717) is 28.6 Å². The number of ether oxygens (including phenoxy) is 1. The molecular formula is C23H22N2O5. The number of carbonyl (C=O) groups is 2. The van der Waals surface area contributed by atoms with Gasteiger partial charge in [-0.05, 0) is 62.4 Å². The lowest BCUT2D eigenvalue weighted by Gasteiger charge is -2.11. The highest BCUT2D eigenvalue weighted by Gasteiger charge is 2.08. The number of benzene rings is 1. The summed E-state index contributed by atoms with van der Waals surface area (Å²) in [5.41, 5.74) is 0.999. The van der Waals surface area contributed by atoms with Crippen LogP contribution in [0, 0.1) is 13.8 Å². The summed E-state index contributed by atoms with van der Waals surface area (Å²) in [6.07, 6.45) is 5.91. The topological polar surface area (TPSA) is 93.7 Å². The van der Waals surface area contributed by atoms with Gasteiger partial charge in [0.15, 0.2) is 0 Å². The molecule has 0 unspecified atom stereocenters. The number of aryl methyl sites for hydroxylation is 2. The highest BCUT2D eigenvalue weighted by atomic mass is 16.5. The first-order valence-electron chi connectivity index (χ1n) is 9.22. The maximum atomic E-state index is 12.2. The molecule has 0 aliphatic carbocycles. The van der Waals surface area contributed by atoms with Crippen LogP contribution in [0.5, 0.6) is 5.75 Å². The second-order valence-corrected chi connectivity index (χ2v) is 6.46. The monoisotopic (exact) mass is 406 g/mol. The maximum absolute atomic E-state index is 12.2. The van der Waals surface area contributed by atoms with Crippen molar-refractivity contribution in [2.75, 3.05) is 17.7 Å². The van der Waals surface area contributed by atoms with Gasteiger partial charge in [0.1, 0.15) is 28.8 Å². The van der Waals surface area contributed by atoms with Crippen molar-refractivity contribution in [3.05, 3.63) is 77.7 Å². The highest BCUT2D eigenvalue weighted by Crippen LogP contribution is 2.28. The smallest absolute Gasteiger partial charge is 0.248 e. The molecule has 0 atom stereocenters. The van der Waals surface area contributed by atoms with E-state index < -0.39 is 0 Å². The van der Waals surface area contributed by atoms with Gasteiger partial charge < -0.3 is 24.2 Å². The van der Waals surface area contributed by atoms with Crippen molar-refractivity contribution in [3.63, 3.8) is 0 Å². The van der Waals surface area contributed by atoms with Crippen LogP contribution in [-0.2, 0) is 9.59 Å². The van der Waals surface area contributed by atoms with E-state index >= 15 is 0 Å². The minimum absolute atomic E-state index is 0.320. The first-order chi connectivity index (χ1) is 14.4. The Kier molecular flexibility index (Phi) is 6.54. The van der Waals surface area contributed by atoms with Crippen LogP contribution in [-0.4, -0.2) is 18.9 Å². The zero-order valence-electron chi connectivity index (χ0n) is 16.9.